The van der Waals surface area contributed by atoms with Gasteiger partial charge in [-0.2, -0.15) is 5.26 Å². The summed E-state index contributed by atoms with van der Waals surface area (Å²) in [4.78, 5) is 0. The van der Waals surface area contributed by atoms with Gasteiger partial charge in [0.15, 0.2) is 0 Å². The van der Waals surface area contributed by atoms with Crippen molar-refractivity contribution in [3.8, 4) is 6.07 Å². The molecule has 0 aliphatic rings. The molecule has 2 aromatic carbocycles. The molecule has 0 aromatic heterocycles. The third-order valence-corrected chi connectivity index (χ3v) is 3.04. The lowest BCUT2D eigenvalue weighted by atomic mass is 10.1. The highest BCUT2D eigenvalue weighted by atomic mass is 14.8. The van der Waals surface area contributed by atoms with Crippen LogP contribution in [-0.2, 0) is 6.54 Å². The van der Waals surface area contributed by atoms with E-state index in [1.165, 1.54) is 16.3 Å². The van der Waals surface area contributed by atoms with E-state index in [-0.39, 0.29) is 0 Å². The molecule has 0 aliphatic heterocycles. The Labute approximate surface area is 108 Å². The summed E-state index contributed by atoms with van der Waals surface area (Å²) in [6, 6.07) is 17.2. The third kappa shape index (κ3) is 3.58. The quantitative estimate of drug-likeness (QED) is 0.780. The van der Waals surface area contributed by atoms with Crippen molar-refractivity contribution >= 4 is 10.8 Å². The van der Waals surface area contributed by atoms with Gasteiger partial charge in [-0.3, -0.25) is 0 Å². The van der Waals surface area contributed by atoms with Gasteiger partial charge in [0.25, 0.3) is 0 Å². The Balaban J connectivity index is 1.83. The van der Waals surface area contributed by atoms with Crippen molar-refractivity contribution in [3.05, 3.63) is 48.0 Å². The monoisotopic (exact) mass is 238 g/mol. The Morgan fingerprint density at radius 2 is 1.83 bits per heavy atom. The Morgan fingerprint density at radius 1 is 1.00 bits per heavy atom. The summed E-state index contributed by atoms with van der Waals surface area (Å²) in [5, 5.41) is 14.4. The maximum atomic E-state index is 8.43. The van der Waals surface area contributed by atoms with Gasteiger partial charge in [-0.15, -0.1) is 0 Å². The van der Waals surface area contributed by atoms with Crippen LogP contribution in [0.2, 0.25) is 0 Å². The zero-order chi connectivity index (χ0) is 12.6. The molecule has 0 aliphatic carbocycles. The van der Waals surface area contributed by atoms with Crippen LogP contribution in [0.15, 0.2) is 42.5 Å². The van der Waals surface area contributed by atoms with Gasteiger partial charge in [0.2, 0.25) is 0 Å². The molecule has 2 aromatic rings. The van der Waals surface area contributed by atoms with Crippen LogP contribution >= 0.6 is 0 Å². The second kappa shape index (κ2) is 6.78. The van der Waals surface area contributed by atoms with Crippen molar-refractivity contribution in [1.82, 2.24) is 5.32 Å². The first-order valence-electron chi connectivity index (χ1n) is 6.45. The minimum absolute atomic E-state index is 0.664. The highest BCUT2D eigenvalue weighted by Crippen LogP contribution is 2.15. The number of nitrogens with zero attached hydrogens (tertiary/aromatic N) is 1. The first-order valence-corrected chi connectivity index (χ1v) is 6.45. The molecular weight excluding hydrogens is 220 g/mol. The fourth-order valence-electron chi connectivity index (χ4n) is 2.04. The molecule has 2 nitrogen and oxygen atoms in total. The lowest BCUT2D eigenvalue weighted by Crippen LogP contribution is -2.14. The molecule has 0 amide bonds. The molecule has 0 saturated carbocycles. The molecule has 0 radical (unpaired) electrons. The van der Waals surface area contributed by atoms with Gasteiger partial charge in [-0.1, -0.05) is 36.4 Å². The molecule has 0 atom stereocenters. The number of rotatable bonds is 6. The first kappa shape index (κ1) is 12.6. The lowest BCUT2D eigenvalue weighted by Gasteiger charge is -2.05. The van der Waals surface area contributed by atoms with Crippen molar-refractivity contribution in [3.63, 3.8) is 0 Å². The van der Waals surface area contributed by atoms with Crippen molar-refractivity contribution in [2.75, 3.05) is 6.54 Å². The van der Waals surface area contributed by atoms with E-state index in [9.17, 15) is 0 Å². The highest BCUT2D eigenvalue weighted by molar-refractivity contribution is 5.82. The largest absolute Gasteiger partial charge is 0.313 e. The maximum absolute atomic E-state index is 8.43. The molecule has 0 unspecified atom stereocenters. The number of fused-ring (bicyclic) bond motifs is 1. The van der Waals surface area contributed by atoms with E-state index in [1.807, 2.05) is 0 Å². The predicted octanol–water partition coefficient (Wildman–Crippen LogP) is 3.62. The molecule has 2 heteroatoms. The maximum Gasteiger partial charge on any atom is 0.0621 e. The molecule has 2 rings (SSSR count). The summed E-state index contributed by atoms with van der Waals surface area (Å²) in [6.07, 6.45) is 2.72. The van der Waals surface area contributed by atoms with E-state index in [0.29, 0.717) is 6.42 Å². The Hall–Kier alpha value is -1.85. The second-order valence-electron chi connectivity index (χ2n) is 4.47. The SMILES string of the molecule is N#CCCCCNCc1ccc2ccccc2c1. The molecular formula is C16H18N2. The van der Waals surface area contributed by atoms with Crippen molar-refractivity contribution < 1.29 is 0 Å². The van der Waals surface area contributed by atoms with E-state index in [0.717, 1.165) is 25.9 Å². The average molecular weight is 238 g/mol. The van der Waals surface area contributed by atoms with Gasteiger partial charge in [0, 0.05) is 13.0 Å². The summed E-state index contributed by atoms with van der Waals surface area (Å²) < 4.78 is 0. The van der Waals surface area contributed by atoms with Gasteiger partial charge < -0.3 is 5.32 Å². The van der Waals surface area contributed by atoms with Gasteiger partial charge in [-0.25, -0.2) is 0 Å². The molecule has 1 N–H and O–H groups in total. The van der Waals surface area contributed by atoms with Crippen molar-refractivity contribution in [2.24, 2.45) is 0 Å². The number of hydrogen-bond donors (Lipinski definition) is 1. The fourth-order valence-corrected chi connectivity index (χ4v) is 2.04. The minimum atomic E-state index is 0.664. The van der Waals surface area contributed by atoms with Crippen molar-refractivity contribution in [1.29, 1.82) is 5.26 Å². The Morgan fingerprint density at radius 3 is 2.67 bits per heavy atom. The molecule has 0 spiro atoms. The zero-order valence-electron chi connectivity index (χ0n) is 10.5. The van der Waals surface area contributed by atoms with Crippen LogP contribution in [0.25, 0.3) is 10.8 Å². The molecule has 0 heterocycles. The highest BCUT2D eigenvalue weighted by Gasteiger charge is 1.96. The molecule has 92 valence electrons. The summed E-state index contributed by atoms with van der Waals surface area (Å²) in [7, 11) is 0. The molecule has 0 saturated heterocycles. The van der Waals surface area contributed by atoms with Gasteiger partial charge in [0.05, 0.1) is 6.07 Å². The van der Waals surface area contributed by atoms with Crippen LogP contribution in [0.1, 0.15) is 24.8 Å². The fraction of sp³-hybridized carbons (Fsp3) is 0.312. The summed E-state index contributed by atoms with van der Waals surface area (Å²) in [6.45, 7) is 1.88. The number of hydrogen-bond acceptors (Lipinski definition) is 2. The second-order valence-corrected chi connectivity index (χ2v) is 4.47. The van der Waals surface area contributed by atoms with Crippen LogP contribution in [0.4, 0.5) is 0 Å². The number of nitrogens with one attached hydrogen (secondary N) is 1. The minimum Gasteiger partial charge on any atom is -0.313 e. The number of nitriles is 1. The lowest BCUT2D eigenvalue weighted by molar-refractivity contribution is 0.629. The molecule has 0 fully saturated rings. The topological polar surface area (TPSA) is 35.8 Å². The average Bonchev–Trinajstić information content (AvgIpc) is 2.42. The van der Waals surface area contributed by atoms with E-state index in [4.69, 9.17) is 5.26 Å². The molecule has 18 heavy (non-hydrogen) atoms. The van der Waals surface area contributed by atoms with Crippen LogP contribution in [0, 0.1) is 11.3 Å². The van der Waals surface area contributed by atoms with Gasteiger partial charge in [-0.05, 0) is 41.8 Å². The Kier molecular flexibility index (Phi) is 4.75. The zero-order valence-corrected chi connectivity index (χ0v) is 10.5. The standard InChI is InChI=1S/C16H18N2/c17-10-4-1-5-11-18-13-14-8-9-15-6-2-3-7-16(15)12-14/h2-3,6-9,12,18H,1,4-5,11,13H2. The van der Waals surface area contributed by atoms with Crippen LogP contribution in [0.5, 0.6) is 0 Å². The molecule has 0 bridgehead atoms. The first-order chi connectivity index (χ1) is 8.90. The van der Waals surface area contributed by atoms with E-state index >= 15 is 0 Å². The van der Waals surface area contributed by atoms with Crippen LogP contribution in [0.3, 0.4) is 0 Å². The van der Waals surface area contributed by atoms with Crippen LogP contribution < -0.4 is 5.32 Å². The summed E-state index contributed by atoms with van der Waals surface area (Å²) in [5.74, 6) is 0. The van der Waals surface area contributed by atoms with E-state index in [2.05, 4.69) is 53.9 Å². The van der Waals surface area contributed by atoms with Crippen LogP contribution in [-0.4, -0.2) is 6.54 Å². The number of benzene rings is 2. The van der Waals surface area contributed by atoms with Gasteiger partial charge >= 0.3 is 0 Å². The Bertz CT molecular complexity index is 540. The smallest absolute Gasteiger partial charge is 0.0621 e. The van der Waals surface area contributed by atoms with Crippen molar-refractivity contribution in [2.45, 2.75) is 25.8 Å². The third-order valence-electron chi connectivity index (χ3n) is 3.04. The predicted molar refractivity (Wildman–Crippen MR) is 75.1 cm³/mol. The van der Waals surface area contributed by atoms with E-state index in [1.54, 1.807) is 0 Å². The summed E-state index contributed by atoms with van der Waals surface area (Å²) in [5.41, 5.74) is 1.31. The normalized spacial score (nSPS) is 10.4. The van der Waals surface area contributed by atoms with Gasteiger partial charge in [0.1, 0.15) is 0 Å². The van der Waals surface area contributed by atoms with E-state index < -0.39 is 0 Å². The summed E-state index contributed by atoms with van der Waals surface area (Å²) >= 11 is 0. The number of unbranched alkanes of at least 4 members (excludes halogenated alkanes) is 2.